The van der Waals surface area contributed by atoms with Crippen LogP contribution in [0.2, 0.25) is 0 Å². The summed E-state index contributed by atoms with van der Waals surface area (Å²) in [6.45, 7) is 3.89. The largest absolute Gasteiger partial charge is 0.491 e. The molecule has 2 amide bonds. The minimum Gasteiger partial charge on any atom is -0.491 e. The van der Waals surface area contributed by atoms with Gasteiger partial charge >= 0.3 is 0 Å². The maximum atomic E-state index is 12.2. The molecule has 0 heterocycles. The SMILES string of the molecule is Cc1ccc(CCCCCCC(=O)Nc2ccc(OCCOCCCOCC(N)=O)cc2)cc1. The molecule has 2 aromatic carbocycles. The van der Waals surface area contributed by atoms with Crippen molar-refractivity contribution in [3.05, 3.63) is 59.7 Å². The molecule has 0 aliphatic carbocycles. The second-order valence-electron chi connectivity index (χ2n) is 8.31. The van der Waals surface area contributed by atoms with E-state index in [9.17, 15) is 9.59 Å². The predicted molar refractivity (Wildman–Crippen MR) is 134 cm³/mol. The van der Waals surface area contributed by atoms with Gasteiger partial charge in [0.2, 0.25) is 11.8 Å². The zero-order chi connectivity index (χ0) is 24.4. The highest BCUT2D eigenvalue weighted by Crippen LogP contribution is 2.16. The Balaban J connectivity index is 1.47. The number of hydrogen-bond donors (Lipinski definition) is 2. The van der Waals surface area contributed by atoms with Gasteiger partial charge in [0, 0.05) is 25.3 Å². The second kappa shape index (κ2) is 16.7. The monoisotopic (exact) mass is 470 g/mol. The van der Waals surface area contributed by atoms with Crippen LogP contribution in [0, 0.1) is 6.92 Å². The molecule has 34 heavy (non-hydrogen) atoms. The third-order valence-electron chi connectivity index (χ3n) is 5.20. The van der Waals surface area contributed by atoms with Gasteiger partial charge in [0.25, 0.3) is 0 Å². The normalized spacial score (nSPS) is 10.7. The highest BCUT2D eigenvalue weighted by atomic mass is 16.5. The van der Waals surface area contributed by atoms with Crippen molar-refractivity contribution in [2.45, 2.75) is 51.9 Å². The molecular weight excluding hydrogens is 432 g/mol. The van der Waals surface area contributed by atoms with Gasteiger partial charge in [0.05, 0.1) is 6.61 Å². The zero-order valence-corrected chi connectivity index (χ0v) is 20.2. The van der Waals surface area contributed by atoms with Gasteiger partial charge < -0.3 is 25.3 Å². The number of amides is 2. The molecule has 7 heteroatoms. The highest BCUT2D eigenvalue weighted by Gasteiger charge is 2.03. The van der Waals surface area contributed by atoms with Crippen LogP contribution in [0.5, 0.6) is 5.75 Å². The number of carbonyl (C=O) groups excluding carboxylic acids is 2. The Hall–Kier alpha value is -2.90. The summed E-state index contributed by atoms with van der Waals surface area (Å²) in [7, 11) is 0. The van der Waals surface area contributed by atoms with E-state index in [1.807, 2.05) is 24.3 Å². The first-order chi connectivity index (χ1) is 16.5. The summed E-state index contributed by atoms with van der Waals surface area (Å²) in [6, 6.07) is 16.0. The predicted octanol–water partition coefficient (Wildman–Crippen LogP) is 4.41. The van der Waals surface area contributed by atoms with Gasteiger partial charge in [-0.25, -0.2) is 0 Å². The Labute approximate surface area is 203 Å². The molecule has 0 radical (unpaired) electrons. The smallest absolute Gasteiger partial charge is 0.243 e. The number of unbranched alkanes of at least 4 members (excludes halogenated alkanes) is 3. The fourth-order valence-corrected chi connectivity index (χ4v) is 3.34. The van der Waals surface area contributed by atoms with Gasteiger partial charge in [-0.1, -0.05) is 42.7 Å². The average Bonchev–Trinajstić information content (AvgIpc) is 2.82. The van der Waals surface area contributed by atoms with E-state index >= 15 is 0 Å². The van der Waals surface area contributed by atoms with Crippen molar-refractivity contribution >= 4 is 17.5 Å². The van der Waals surface area contributed by atoms with E-state index in [-0.39, 0.29) is 12.5 Å². The number of rotatable bonds is 18. The molecule has 0 unspecified atom stereocenters. The molecule has 186 valence electrons. The molecule has 0 aliphatic rings. The van der Waals surface area contributed by atoms with Crippen molar-refractivity contribution in [1.82, 2.24) is 0 Å². The Morgan fingerprint density at radius 1 is 0.794 bits per heavy atom. The lowest BCUT2D eigenvalue weighted by Gasteiger charge is -2.09. The van der Waals surface area contributed by atoms with E-state index in [1.54, 1.807) is 0 Å². The number of benzene rings is 2. The number of primary amides is 1. The minimum atomic E-state index is -0.472. The van der Waals surface area contributed by atoms with Crippen molar-refractivity contribution in [2.75, 3.05) is 38.4 Å². The van der Waals surface area contributed by atoms with E-state index in [4.69, 9.17) is 19.9 Å². The van der Waals surface area contributed by atoms with E-state index in [0.29, 0.717) is 39.3 Å². The molecule has 0 saturated heterocycles. The Kier molecular flexibility index (Phi) is 13.4. The fraction of sp³-hybridized carbons (Fsp3) is 0.481. The standard InChI is InChI=1S/C27H38N2O5/c1-22-9-11-23(12-10-22)7-4-2-3-5-8-27(31)29-24-13-15-25(16-14-24)34-20-19-32-17-6-18-33-21-26(28)30/h9-16H,2-8,17-21H2,1H3,(H2,28,30)(H,29,31). The van der Waals surface area contributed by atoms with Crippen LogP contribution in [0.3, 0.4) is 0 Å². The molecule has 2 rings (SSSR count). The Morgan fingerprint density at radius 2 is 1.50 bits per heavy atom. The molecule has 0 spiro atoms. The number of anilines is 1. The van der Waals surface area contributed by atoms with Crippen molar-refractivity contribution in [1.29, 1.82) is 0 Å². The van der Waals surface area contributed by atoms with Crippen molar-refractivity contribution in [3.63, 3.8) is 0 Å². The minimum absolute atomic E-state index is 0.0420. The summed E-state index contributed by atoms with van der Waals surface area (Å²) in [5.41, 5.74) is 8.42. The van der Waals surface area contributed by atoms with Crippen LogP contribution in [-0.4, -0.2) is 44.8 Å². The number of nitrogens with one attached hydrogen (secondary N) is 1. The van der Waals surface area contributed by atoms with E-state index in [0.717, 1.165) is 43.5 Å². The Bertz CT molecular complexity index is 837. The molecule has 2 aromatic rings. The van der Waals surface area contributed by atoms with Crippen LogP contribution < -0.4 is 15.8 Å². The molecule has 7 nitrogen and oxygen atoms in total. The first-order valence-electron chi connectivity index (χ1n) is 12.0. The van der Waals surface area contributed by atoms with Crippen LogP contribution in [0.4, 0.5) is 5.69 Å². The van der Waals surface area contributed by atoms with Crippen LogP contribution in [0.1, 0.15) is 49.7 Å². The molecule has 0 atom stereocenters. The summed E-state index contributed by atoms with van der Waals surface area (Å²) >= 11 is 0. The molecule has 0 bridgehead atoms. The first-order valence-corrected chi connectivity index (χ1v) is 12.0. The van der Waals surface area contributed by atoms with Gasteiger partial charge in [-0.05, 0) is 62.4 Å². The van der Waals surface area contributed by atoms with Gasteiger partial charge in [-0.15, -0.1) is 0 Å². The topological polar surface area (TPSA) is 99.9 Å². The third kappa shape index (κ3) is 13.0. The van der Waals surface area contributed by atoms with Crippen molar-refractivity contribution in [3.8, 4) is 5.75 Å². The van der Waals surface area contributed by atoms with E-state index in [2.05, 4.69) is 36.5 Å². The quantitative estimate of drug-likeness (QED) is 0.314. The Morgan fingerprint density at radius 3 is 2.24 bits per heavy atom. The van der Waals surface area contributed by atoms with Crippen LogP contribution in [-0.2, 0) is 25.5 Å². The number of ether oxygens (including phenoxy) is 3. The van der Waals surface area contributed by atoms with Gasteiger partial charge in [0.15, 0.2) is 0 Å². The molecule has 0 fully saturated rings. The zero-order valence-electron chi connectivity index (χ0n) is 20.2. The number of aryl methyl sites for hydroxylation is 2. The van der Waals surface area contributed by atoms with Gasteiger partial charge in [0.1, 0.15) is 19.0 Å². The van der Waals surface area contributed by atoms with Gasteiger partial charge in [-0.2, -0.15) is 0 Å². The maximum Gasteiger partial charge on any atom is 0.243 e. The molecule has 0 saturated carbocycles. The van der Waals surface area contributed by atoms with Gasteiger partial charge in [-0.3, -0.25) is 9.59 Å². The summed E-state index contributed by atoms with van der Waals surface area (Å²) < 4.78 is 16.1. The maximum absolute atomic E-state index is 12.2. The first kappa shape index (κ1) is 27.3. The molecule has 0 aromatic heterocycles. The van der Waals surface area contributed by atoms with Crippen LogP contribution in [0.15, 0.2) is 48.5 Å². The van der Waals surface area contributed by atoms with Crippen molar-refractivity contribution < 1.29 is 23.8 Å². The second-order valence-corrected chi connectivity index (χ2v) is 8.31. The third-order valence-corrected chi connectivity index (χ3v) is 5.20. The van der Waals surface area contributed by atoms with Crippen LogP contribution in [0.25, 0.3) is 0 Å². The number of carbonyl (C=O) groups is 2. The summed E-state index contributed by atoms with van der Waals surface area (Å²) in [6.07, 6.45) is 6.58. The highest BCUT2D eigenvalue weighted by molar-refractivity contribution is 5.90. The lowest BCUT2D eigenvalue weighted by atomic mass is 10.0. The van der Waals surface area contributed by atoms with E-state index in [1.165, 1.54) is 11.1 Å². The molecule has 0 aliphatic heterocycles. The lowest BCUT2D eigenvalue weighted by Crippen LogP contribution is -2.18. The number of nitrogens with two attached hydrogens (primary N) is 1. The summed E-state index contributed by atoms with van der Waals surface area (Å²) in [5.74, 6) is 0.292. The summed E-state index contributed by atoms with van der Waals surface area (Å²) in [5, 5.41) is 2.94. The fourth-order valence-electron chi connectivity index (χ4n) is 3.34. The molecular formula is C27H38N2O5. The average molecular weight is 471 g/mol. The molecule has 3 N–H and O–H groups in total. The van der Waals surface area contributed by atoms with E-state index < -0.39 is 5.91 Å². The summed E-state index contributed by atoms with van der Waals surface area (Å²) in [4.78, 5) is 22.7. The number of hydrogen-bond acceptors (Lipinski definition) is 5. The van der Waals surface area contributed by atoms with Crippen molar-refractivity contribution in [2.24, 2.45) is 5.73 Å². The lowest BCUT2D eigenvalue weighted by molar-refractivity contribution is -0.122. The van der Waals surface area contributed by atoms with Crippen LogP contribution >= 0.6 is 0 Å².